The van der Waals surface area contributed by atoms with Gasteiger partial charge in [0.2, 0.25) is 5.56 Å². The van der Waals surface area contributed by atoms with Crippen LogP contribution in [0.4, 0.5) is 19.9 Å². The van der Waals surface area contributed by atoms with Crippen molar-refractivity contribution >= 4 is 22.7 Å². The monoisotopic (exact) mass is 668 g/mol. The number of nitrogens with zero attached hydrogens (tertiary/aromatic N) is 1. The number of carboxylic acid groups (broad SMARTS) is 1. The van der Waals surface area contributed by atoms with Crippen LogP contribution < -0.4 is 26.2 Å². The van der Waals surface area contributed by atoms with Crippen LogP contribution in [0.15, 0.2) is 77.6 Å². The number of carbonyl (C=O) groups is 1. The molecule has 1 heterocycles. The fourth-order valence-electron chi connectivity index (χ4n) is 6.27. The Morgan fingerprint density at radius 2 is 1.69 bits per heavy atom. The van der Waals surface area contributed by atoms with E-state index in [1.807, 2.05) is 48.5 Å². The number of aromatic hydroxyl groups is 1. The lowest BCUT2D eigenvalue weighted by Crippen LogP contribution is -2.44. The molecule has 0 radical (unpaired) electrons. The second kappa shape index (κ2) is 18.1. The number of unbranched alkanes of at least 4 members (excludes halogenated alkanes) is 3. The van der Waals surface area contributed by atoms with Crippen molar-refractivity contribution in [1.29, 1.82) is 0 Å². The average molecular weight is 669 g/mol. The van der Waals surface area contributed by atoms with Gasteiger partial charge in [-0.05, 0) is 80.5 Å². The number of aromatic amines is 1. The van der Waals surface area contributed by atoms with Gasteiger partial charge in [0.15, 0.2) is 0 Å². The minimum atomic E-state index is -0.969. The molecule has 3 aromatic carbocycles. The summed E-state index contributed by atoms with van der Waals surface area (Å²) in [6.07, 6.45) is 5.08. The smallest absolute Gasteiger partial charge is 0.412 e. The molecule has 1 saturated carbocycles. The van der Waals surface area contributed by atoms with Crippen LogP contribution >= 0.6 is 0 Å². The van der Waals surface area contributed by atoms with E-state index in [9.17, 15) is 24.9 Å². The van der Waals surface area contributed by atoms with Gasteiger partial charge in [-0.3, -0.25) is 19.1 Å². The lowest BCUT2D eigenvalue weighted by atomic mass is 9.90. The molecule has 1 aromatic heterocycles. The van der Waals surface area contributed by atoms with Crippen LogP contribution in [0, 0.1) is 0 Å². The number of hydrogen-bond acceptors (Lipinski definition) is 7. The number of H-pyrrole nitrogens is 1. The molecule has 1 fully saturated rings. The molecule has 260 valence electrons. The number of pyridine rings is 1. The first-order valence-electron chi connectivity index (χ1n) is 16.2. The van der Waals surface area contributed by atoms with E-state index in [1.165, 1.54) is 17.0 Å². The van der Waals surface area contributed by atoms with Gasteiger partial charge in [-0.1, -0.05) is 49.2 Å². The quantitative estimate of drug-likeness (QED) is 0.0864. The van der Waals surface area contributed by atoms with Gasteiger partial charge < -0.3 is 36.1 Å². The number of ether oxygens (including phenoxy) is 1. The molecule has 1 aliphatic rings. The average Bonchev–Trinajstić information content (AvgIpc) is 3.05. The van der Waals surface area contributed by atoms with Crippen LogP contribution in [0.2, 0.25) is 0 Å². The van der Waals surface area contributed by atoms with Crippen molar-refractivity contribution < 1.29 is 34.3 Å². The zero-order valence-corrected chi connectivity index (χ0v) is 26.8. The number of fused-ring (bicyclic) bond motifs is 1. The van der Waals surface area contributed by atoms with Crippen LogP contribution in [0.5, 0.6) is 11.5 Å². The summed E-state index contributed by atoms with van der Waals surface area (Å²) in [7, 11) is 0. The molecule has 0 unspecified atom stereocenters. The Balaban J connectivity index is 0.00000312. The van der Waals surface area contributed by atoms with Crippen LogP contribution in [0.25, 0.3) is 22.0 Å². The number of amides is 1. The van der Waals surface area contributed by atoms with Crippen molar-refractivity contribution in [2.75, 3.05) is 24.6 Å². The van der Waals surface area contributed by atoms with Crippen molar-refractivity contribution in [2.24, 2.45) is 5.73 Å². The van der Waals surface area contributed by atoms with E-state index in [4.69, 9.17) is 10.5 Å². The predicted molar refractivity (Wildman–Crippen MR) is 186 cm³/mol. The highest BCUT2D eigenvalue weighted by Gasteiger charge is 2.31. The zero-order chi connectivity index (χ0) is 32.5. The SMILES string of the molecule is F.F.NC1CCC(N(C(=O)O)c2cc(OCCCCCCNC[C@H](O)c3ccc(O)c4[nH]c(=O)ccc34)ccc2-c2ccccc2)CC1. The Hall–Kier alpha value is -4.52. The summed E-state index contributed by atoms with van der Waals surface area (Å²) in [5.41, 5.74) is 9.22. The molecule has 7 N–H and O–H groups in total. The Bertz CT molecular complexity index is 1660. The van der Waals surface area contributed by atoms with Crippen LogP contribution in [-0.4, -0.2) is 58.2 Å². The normalized spacial score (nSPS) is 16.4. The lowest BCUT2D eigenvalue weighted by Gasteiger charge is -2.35. The molecule has 1 amide bonds. The van der Waals surface area contributed by atoms with Gasteiger partial charge in [0, 0.05) is 41.7 Å². The molecule has 0 spiro atoms. The van der Waals surface area contributed by atoms with Crippen molar-refractivity contribution in [2.45, 2.75) is 69.6 Å². The Labute approximate surface area is 278 Å². The number of nitrogens with two attached hydrogens (primary N) is 1. The van der Waals surface area contributed by atoms with Crippen molar-refractivity contribution in [3.05, 3.63) is 88.7 Å². The third-order valence-corrected chi connectivity index (χ3v) is 8.75. The topological polar surface area (TPSA) is 161 Å². The molecule has 5 rings (SSSR count). The molecular weight excluding hydrogens is 622 g/mol. The first kappa shape index (κ1) is 37.9. The Morgan fingerprint density at radius 1 is 0.958 bits per heavy atom. The van der Waals surface area contributed by atoms with Crippen LogP contribution in [0.3, 0.4) is 0 Å². The van der Waals surface area contributed by atoms with E-state index in [1.54, 1.807) is 12.1 Å². The molecule has 0 bridgehead atoms. The standard InChI is InChI=1S/C36H44N4O6.2FH/c37-25-10-12-26(13-11-25)40(36(44)45)31-22-27(14-15-28(31)24-8-4-3-5-9-24)46-21-7-2-1-6-20-38-23-33(42)29-16-18-32(41)35-30(29)17-19-34(43)39-35;;/h3-5,8-9,14-19,22,25-26,33,38,41-42H,1-2,6-7,10-13,20-21,23,37H2,(H,39,43)(H,44,45);2*1H/t25?,26?,33-;;/m0../s1. The van der Waals surface area contributed by atoms with Crippen molar-refractivity contribution in [1.82, 2.24) is 10.3 Å². The van der Waals surface area contributed by atoms with Gasteiger partial charge in [-0.25, -0.2) is 4.79 Å². The first-order valence-corrected chi connectivity index (χ1v) is 16.2. The molecular formula is C36H46F2N4O6. The number of aliphatic hydroxyl groups excluding tert-OH is 1. The summed E-state index contributed by atoms with van der Waals surface area (Å²) in [5, 5.41) is 35.0. The minimum absolute atomic E-state index is 0. The number of nitrogens with one attached hydrogen (secondary N) is 2. The molecule has 1 aliphatic carbocycles. The van der Waals surface area contributed by atoms with Gasteiger partial charge in [0.05, 0.1) is 23.9 Å². The molecule has 0 saturated heterocycles. The van der Waals surface area contributed by atoms with E-state index >= 15 is 0 Å². The third kappa shape index (κ3) is 9.52. The van der Waals surface area contributed by atoms with Crippen LogP contribution in [-0.2, 0) is 0 Å². The third-order valence-electron chi connectivity index (χ3n) is 8.75. The summed E-state index contributed by atoms with van der Waals surface area (Å²) in [5.74, 6) is 0.618. The fourth-order valence-corrected chi connectivity index (χ4v) is 6.27. The highest BCUT2D eigenvalue weighted by molar-refractivity contribution is 5.94. The van der Waals surface area contributed by atoms with Crippen molar-refractivity contribution in [3.63, 3.8) is 0 Å². The highest BCUT2D eigenvalue weighted by atomic mass is 19.0. The number of hydrogen-bond donors (Lipinski definition) is 6. The number of aromatic nitrogens is 1. The summed E-state index contributed by atoms with van der Waals surface area (Å²) in [6, 6.07) is 21.7. The van der Waals surface area contributed by atoms with Crippen molar-refractivity contribution in [3.8, 4) is 22.6 Å². The molecule has 0 aliphatic heterocycles. The second-order valence-corrected chi connectivity index (χ2v) is 12.0. The maximum atomic E-state index is 12.6. The number of aliphatic hydroxyl groups is 1. The Kier molecular flexibility index (Phi) is 14.3. The number of anilines is 1. The zero-order valence-electron chi connectivity index (χ0n) is 26.8. The predicted octanol–water partition coefficient (Wildman–Crippen LogP) is 6.22. The highest BCUT2D eigenvalue weighted by Crippen LogP contribution is 2.38. The summed E-state index contributed by atoms with van der Waals surface area (Å²) < 4.78 is 6.10. The van der Waals surface area contributed by atoms with Crippen LogP contribution in [0.1, 0.15) is 63.0 Å². The minimum Gasteiger partial charge on any atom is -0.506 e. The lowest BCUT2D eigenvalue weighted by molar-refractivity contribution is 0.176. The summed E-state index contributed by atoms with van der Waals surface area (Å²) >= 11 is 0. The molecule has 10 nitrogen and oxygen atoms in total. The number of rotatable bonds is 14. The maximum Gasteiger partial charge on any atom is 0.412 e. The van der Waals surface area contributed by atoms with Gasteiger partial charge in [0.1, 0.15) is 11.5 Å². The Morgan fingerprint density at radius 3 is 2.42 bits per heavy atom. The first-order chi connectivity index (χ1) is 22.3. The molecule has 4 aromatic rings. The summed E-state index contributed by atoms with van der Waals surface area (Å²) in [4.78, 5) is 28.4. The van der Waals surface area contributed by atoms with E-state index in [2.05, 4.69) is 10.3 Å². The largest absolute Gasteiger partial charge is 0.506 e. The summed E-state index contributed by atoms with van der Waals surface area (Å²) in [6.45, 7) is 1.62. The van der Waals surface area contributed by atoms with Gasteiger partial charge >= 0.3 is 6.09 Å². The van der Waals surface area contributed by atoms with Gasteiger partial charge in [0.25, 0.3) is 0 Å². The number of benzene rings is 3. The van der Waals surface area contributed by atoms with E-state index in [-0.39, 0.29) is 32.8 Å². The molecule has 48 heavy (non-hydrogen) atoms. The number of halogens is 2. The van der Waals surface area contributed by atoms with Gasteiger partial charge in [-0.2, -0.15) is 0 Å². The number of phenolic OH excluding ortho intramolecular Hbond substituents is 1. The van der Waals surface area contributed by atoms with Gasteiger partial charge in [-0.15, -0.1) is 0 Å². The van der Waals surface area contributed by atoms with E-state index in [0.717, 1.165) is 69.0 Å². The molecule has 1 atom stereocenters. The number of phenols is 1. The second-order valence-electron chi connectivity index (χ2n) is 12.0. The fraction of sp³-hybridized carbons (Fsp3) is 0.389. The van der Waals surface area contributed by atoms with E-state index in [0.29, 0.717) is 41.1 Å². The molecule has 12 heteroatoms. The maximum absolute atomic E-state index is 12.6. The van der Waals surface area contributed by atoms with E-state index < -0.39 is 12.2 Å².